The summed E-state index contributed by atoms with van der Waals surface area (Å²) in [5, 5.41) is 9.03. The van der Waals surface area contributed by atoms with Crippen LogP contribution in [-0.4, -0.2) is 24.9 Å². The fourth-order valence-corrected chi connectivity index (χ4v) is 9.22. The largest absolute Gasteiger partial charge is 0.394 e. The van der Waals surface area contributed by atoms with Gasteiger partial charge < -0.3 is 9.84 Å². The Balaban J connectivity index is 1.42. The molecule has 0 radical (unpaired) electrons. The molecule has 0 bridgehead atoms. The van der Waals surface area contributed by atoms with Crippen molar-refractivity contribution >= 4 is 0 Å². The van der Waals surface area contributed by atoms with E-state index < -0.39 is 0 Å². The first-order valence-corrected chi connectivity index (χ1v) is 14.2. The zero-order chi connectivity index (χ0) is 22.9. The number of rotatable bonds is 9. The van der Waals surface area contributed by atoms with Gasteiger partial charge in [0.2, 0.25) is 0 Å². The third-order valence-corrected chi connectivity index (χ3v) is 11.0. The Morgan fingerprint density at radius 3 is 2.59 bits per heavy atom. The van der Waals surface area contributed by atoms with Crippen molar-refractivity contribution in [2.45, 2.75) is 105 Å². The highest BCUT2D eigenvalue weighted by molar-refractivity contribution is 5.25. The van der Waals surface area contributed by atoms with Gasteiger partial charge in [0.15, 0.2) is 0 Å². The predicted molar refractivity (Wildman–Crippen MR) is 134 cm³/mol. The lowest BCUT2D eigenvalue weighted by atomic mass is 9.46. The molecule has 0 amide bonds. The second-order valence-corrected chi connectivity index (χ2v) is 13.2. The fraction of sp³-hybridized carbons (Fsp3) is 0.933. The minimum absolute atomic E-state index is 0.147. The number of aliphatic hydroxyl groups is 1. The minimum atomic E-state index is 0.147. The second-order valence-electron chi connectivity index (χ2n) is 13.2. The molecule has 0 aliphatic heterocycles. The number of aliphatic hydroxyl groups excluding tert-OH is 1. The van der Waals surface area contributed by atoms with Crippen LogP contribution < -0.4 is 0 Å². The van der Waals surface area contributed by atoms with E-state index in [9.17, 15) is 0 Å². The zero-order valence-electron chi connectivity index (χ0n) is 21.9. The molecular weight excluding hydrogens is 392 g/mol. The van der Waals surface area contributed by atoms with Crippen molar-refractivity contribution in [3.63, 3.8) is 0 Å². The van der Waals surface area contributed by atoms with Gasteiger partial charge in [0, 0.05) is 6.61 Å². The van der Waals surface area contributed by atoms with E-state index in [1.165, 1.54) is 70.6 Å². The zero-order valence-corrected chi connectivity index (χ0v) is 21.9. The Labute approximate surface area is 199 Å². The molecule has 2 heteroatoms. The maximum atomic E-state index is 9.03. The van der Waals surface area contributed by atoms with Gasteiger partial charge in [-0.15, -0.1) is 0 Å². The molecule has 1 N–H and O–H groups in total. The Morgan fingerprint density at radius 1 is 1.03 bits per heavy atom. The van der Waals surface area contributed by atoms with Crippen molar-refractivity contribution in [2.75, 3.05) is 19.8 Å². The fourth-order valence-electron chi connectivity index (χ4n) is 9.22. The van der Waals surface area contributed by atoms with E-state index in [0.29, 0.717) is 23.4 Å². The van der Waals surface area contributed by atoms with E-state index in [1.54, 1.807) is 5.57 Å². The molecule has 0 aromatic rings. The molecule has 1 unspecified atom stereocenters. The molecule has 0 aromatic carbocycles. The average Bonchev–Trinajstić information content (AvgIpc) is 3.11. The van der Waals surface area contributed by atoms with Crippen LogP contribution in [0.15, 0.2) is 11.6 Å². The van der Waals surface area contributed by atoms with E-state index in [0.717, 1.165) is 42.1 Å². The van der Waals surface area contributed by atoms with Crippen molar-refractivity contribution < 1.29 is 9.84 Å². The van der Waals surface area contributed by atoms with Crippen molar-refractivity contribution in [1.82, 2.24) is 0 Å². The first kappa shape index (κ1) is 24.8. The van der Waals surface area contributed by atoms with Crippen LogP contribution >= 0.6 is 0 Å². The molecule has 3 fully saturated rings. The van der Waals surface area contributed by atoms with Crippen molar-refractivity contribution in [1.29, 1.82) is 0 Å². The van der Waals surface area contributed by atoms with Crippen LogP contribution in [0.3, 0.4) is 0 Å². The van der Waals surface area contributed by atoms with Gasteiger partial charge in [-0.25, -0.2) is 0 Å². The second kappa shape index (κ2) is 10.1. The van der Waals surface area contributed by atoms with Crippen molar-refractivity contribution in [2.24, 2.45) is 52.3 Å². The van der Waals surface area contributed by atoms with Gasteiger partial charge in [-0.3, -0.25) is 0 Å². The summed E-state index contributed by atoms with van der Waals surface area (Å²) < 4.78 is 5.71. The third-order valence-electron chi connectivity index (χ3n) is 11.0. The van der Waals surface area contributed by atoms with E-state index >= 15 is 0 Å². The molecule has 0 aromatic heterocycles. The maximum absolute atomic E-state index is 9.03. The Kier molecular flexibility index (Phi) is 7.82. The average molecular weight is 445 g/mol. The van der Waals surface area contributed by atoms with Gasteiger partial charge >= 0.3 is 0 Å². The SMILES string of the molecule is CC(C)CCC[C@@H](C)[C@H]1CC[C@H]2[C@@H]3CC=C4CC(COCCO)CC[C@]4(C)[C@H]3CC[C@]12C. The van der Waals surface area contributed by atoms with Crippen LogP contribution in [0.2, 0.25) is 0 Å². The van der Waals surface area contributed by atoms with E-state index in [-0.39, 0.29) is 6.61 Å². The number of fused-ring (bicyclic) bond motifs is 5. The lowest BCUT2D eigenvalue weighted by Gasteiger charge is -2.58. The summed E-state index contributed by atoms with van der Waals surface area (Å²) in [6.45, 7) is 14.2. The number of allylic oxidation sites excluding steroid dienone is 2. The van der Waals surface area contributed by atoms with Gasteiger partial charge in [-0.1, -0.05) is 65.5 Å². The Bertz CT molecular complexity index is 653. The summed E-state index contributed by atoms with van der Waals surface area (Å²) >= 11 is 0. The van der Waals surface area contributed by atoms with E-state index in [2.05, 4.69) is 40.7 Å². The van der Waals surface area contributed by atoms with E-state index in [4.69, 9.17) is 9.84 Å². The van der Waals surface area contributed by atoms with Crippen molar-refractivity contribution in [3.05, 3.63) is 11.6 Å². The van der Waals surface area contributed by atoms with Crippen LogP contribution in [-0.2, 0) is 4.74 Å². The summed E-state index contributed by atoms with van der Waals surface area (Å²) in [6.07, 6.45) is 18.1. The highest BCUT2D eigenvalue weighted by atomic mass is 16.5. The number of hydrogen-bond donors (Lipinski definition) is 1. The van der Waals surface area contributed by atoms with Gasteiger partial charge in [-0.05, 0) is 104 Å². The highest BCUT2D eigenvalue weighted by Crippen LogP contribution is 2.67. The first-order valence-electron chi connectivity index (χ1n) is 14.2. The molecule has 0 saturated heterocycles. The van der Waals surface area contributed by atoms with Crippen molar-refractivity contribution in [3.8, 4) is 0 Å². The van der Waals surface area contributed by atoms with Gasteiger partial charge in [0.1, 0.15) is 0 Å². The normalized spacial score (nSPS) is 42.2. The maximum Gasteiger partial charge on any atom is 0.0697 e. The standard InChI is InChI=1S/C30H52O2/c1-21(2)7-6-8-22(3)26-11-12-27-25-10-9-24-19-23(20-32-18-17-31)13-15-29(24,4)28(25)14-16-30(26,27)5/h9,21-23,25-28,31H,6-8,10-20H2,1-5H3/t22-,23?,25+,26-,27+,28+,29+,30-/m1/s1. The summed E-state index contributed by atoms with van der Waals surface area (Å²) in [6, 6.07) is 0. The Hall–Kier alpha value is -0.340. The Morgan fingerprint density at radius 2 is 1.84 bits per heavy atom. The van der Waals surface area contributed by atoms with Gasteiger partial charge in [0.25, 0.3) is 0 Å². The molecule has 184 valence electrons. The molecule has 0 spiro atoms. The minimum Gasteiger partial charge on any atom is -0.394 e. The molecule has 4 aliphatic rings. The summed E-state index contributed by atoms with van der Waals surface area (Å²) in [5.41, 5.74) is 2.80. The van der Waals surface area contributed by atoms with Gasteiger partial charge in [-0.2, -0.15) is 0 Å². The molecular formula is C30H52O2. The molecule has 8 atom stereocenters. The number of hydrogen-bond acceptors (Lipinski definition) is 2. The molecule has 2 nitrogen and oxygen atoms in total. The topological polar surface area (TPSA) is 29.5 Å². The van der Waals surface area contributed by atoms with E-state index in [1.807, 2.05) is 0 Å². The molecule has 0 heterocycles. The van der Waals surface area contributed by atoms with Crippen LogP contribution in [0.5, 0.6) is 0 Å². The molecule has 3 saturated carbocycles. The monoisotopic (exact) mass is 444 g/mol. The third kappa shape index (κ3) is 4.61. The first-order chi connectivity index (χ1) is 15.3. The molecule has 32 heavy (non-hydrogen) atoms. The lowest BCUT2D eigenvalue weighted by Crippen LogP contribution is -2.50. The summed E-state index contributed by atoms with van der Waals surface area (Å²) in [4.78, 5) is 0. The number of ether oxygens (including phenoxy) is 1. The van der Waals surface area contributed by atoms with Crippen LogP contribution in [0.1, 0.15) is 105 Å². The predicted octanol–water partition coefficient (Wildman–Crippen LogP) is 7.65. The van der Waals surface area contributed by atoms with Crippen LogP contribution in [0.4, 0.5) is 0 Å². The highest BCUT2D eigenvalue weighted by Gasteiger charge is 2.59. The quantitative estimate of drug-likeness (QED) is 0.292. The van der Waals surface area contributed by atoms with Gasteiger partial charge in [0.05, 0.1) is 13.2 Å². The molecule has 4 aliphatic carbocycles. The summed E-state index contributed by atoms with van der Waals surface area (Å²) in [5.74, 6) is 6.17. The smallest absolute Gasteiger partial charge is 0.0697 e. The lowest BCUT2D eigenvalue weighted by molar-refractivity contribution is -0.0556. The summed E-state index contributed by atoms with van der Waals surface area (Å²) in [7, 11) is 0. The molecule has 4 rings (SSSR count). The van der Waals surface area contributed by atoms with Crippen LogP contribution in [0.25, 0.3) is 0 Å². The van der Waals surface area contributed by atoms with Crippen LogP contribution in [0, 0.1) is 52.3 Å².